The zero-order valence-electron chi connectivity index (χ0n) is 11.6. The lowest BCUT2D eigenvalue weighted by Crippen LogP contribution is -2.35. The van der Waals surface area contributed by atoms with Gasteiger partial charge in [-0.1, -0.05) is 25.1 Å². The third kappa shape index (κ3) is 3.44. The van der Waals surface area contributed by atoms with Gasteiger partial charge in [0, 0.05) is 17.6 Å². The zero-order valence-corrected chi connectivity index (χ0v) is 11.6. The van der Waals surface area contributed by atoms with Crippen molar-refractivity contribution in [1.29, 1.82) is 0 Å². The number of benzene rings is 1. The van der Waals surface area contributed by atoms with E-state index in [-0.39, 0.29) is 11.8 Å². The molecule has 19 heavy (non-hydrogen) atoms. The van der Waals surface area contributed by atoms with Gasteiger partial charge in [-0.25, -0.2) is 0 Å². The van der Waals surface area contributed by atoms with Crippen molar-refractivity contribution in [1.82, 2.24) is 5.32 Å². The van der Waals surface area contributed by atoms with E-state index in [1.54, 1.807) is 12.1 Å². The first-order valence-corrected chi connectivity index (χ1v) is 6.72. The fourth-order valence-electron chi connectivity index (χ4n) is 2.34. The van der Waals surface area contributed by atoms with Crippen LogP contribution in [0.2, 0.25) is 0 Å². The second kappa shape index (κ2) is 5.45. The van der Waals surface area contributed by atoms with Gasteiger partial charge in [-0.15, -0.1) is 0 Å². The van der Waals surface area contributed by atoms with Crippen LogP contribution in [0.4, 0.5) is 8.78 Å². The third-order valence-electron chi connectivity index (χ3n) is 4.19. The molecule has 2 atom stereocenters. The van der Waals surface area contributed by atoms with Gasteiger partial charge in [-0.3, -0.25) is 0 Å². The van der Waals surface area contributed by atoms with Gasteiger partial charge < -0.3 is 10.1 Å². The van der Waals surface area contributed by atoms with Gasteiger partial charge in [0.25, 0.3) is 0 Å². The van der Waals surface area contributed by atoms with Crippen molar-refractivity contribution < 1.29 is 13.5 Å². The smallest absolute Gasteiger partial charge is 0.387 e. The lowest BCUT2D eigenvalue weighted by atomic mass is 9.98. The molecule has 0 aliphatic heterocycles. The molecule has 1 aliphatic rings. The Bertz CT molecular complexity index is 432. The van der Waals surface area contributed by atoms with E-state index < -0.39 is 6.61 Å². The van der Waals surface area contributed by atoms with Gasteiger partial charge in [-0.05, 0) is 38.2 Å². The minimum Gasteiger partial charge on any atom is -0.434 e. The highest BCUT2D eigenvalue weighted by Gasteiger charge is 2.42. The van der Waals surface area contributed by atoms with Gasteiger partial charge in [0.2, 0.25) is 0 Å². The number of para-hydroxylation sites is 1. The van der Waals surface area contributed by atoms with Crippen molar-refractivity contribution in [3.05, 3.63) is 29.8 Å². The van der Waals surface area contributed by atoms with Gasteiger partial charge in [0.05, 0.1) is 0 Å². The van der Waals surface area contributed by atoms with Crippen molar-refractivity contribution in [2.45, 2.75) is 52.3 Å². The van der Waals surface area contributed by atoms with Crippen molar-refractivity contribution in [2.75, 3.05) is 0 Å². The number of nitrogens with one attached hydrogen (secondary N) is 1. The van der Waals surface area contributed by atoms with Crippen LogP contribution in [0.25, 0.3) is 0 Å². The first-order valence-electron chi connectivity index (χ1n) is 6.72. The Morgan fingerprint density at radius 1 is 1.21 bits per heavy atom. The summed E-state index contributed by atoms with van der Waals surface area (Å²) in [6.45, 7) is 3.60. The minimum atomic E-state index is -2.79. The van der Waals surface area contributed by atoms with Crippen molar-refractivity contribution >= 4 is 0 Å². The maximum Gasteiger partial charge on any atom is 0.387 e. The summed E-state index contributed by atoms with van der Waals surface area (Å²) in [7, 11) is 0. The highest BCUT2D eigenvalue weighted by molar-refractivity contribution is 5.35. The molecule has 2 unspecified atom stereocenters. The monoisotopic (exact) mass is 269 g/mol. The summed E-state index contributed by atoms with van der Waals surface area (Å²) in [5, 5.41) is 3.49. The second-order valence-corrected chi connectivity index (χ2v) is 5.68. The molecule has 1 fully saturated rings. The Morgan fingerprint density at radius 3 is 2.42 bits per heavy atom. The van der Waals surface area contributed by atoms with Crippen molar-refractivity contribution in [3.8, 4) is 5.75 Å². The van der Waals surface area contributed by atoms with Gasteiger partial charge in [-0.2, -0.15) is 8.78 Å². The summed E-state index contributed by atoms with van der Waals surface area (Å²) in [6, 6.07) is 7.32. The van der Waals surface area contributed by atoms with Gasteiger partial charge in [0.1, 0.15) is 5.75 Å². The van der Waals surface area contributed by atoms with Crippen LogP contribution in [0.1, 0.15) is 45.2 Å². The first kappa shape index (κ1) is 14.3. The van der Waals surface area contributed by atoms with E-state index in [4.69, 9.17) is 0 Å². The third-order valence-corrected chi connectivity index (χ3v) is 4.19. The average Bonchev–Trinajstić information content (AvgIpc) is 3.08. The topological polar surface area (TPSA) is 21.3 Å². The highest BCUT2D eigenvalue weighted by Crippen LogP contribution is 2.48. The van der Waals surface area contributed by atoms with E-state index in [0.717, 1.165) is 5.56 Å². The van der Waals surface area contributed by atoms with Crippen LogP contribution in [-0.2, 0) is 0 Å². The van der Waals surface area contributed by atoms with Crippen molar-refractivity contribution in [2.24, 2.45) is 5.41 Å². The number of alkyl halides is 2. The lowest BCUT2D eigenvalue weighted by Gasteiger charge is -2.26. The number of hydrogen-bond acceptors (Lipinski definition) is 2. The Labute approximate surface area is 113 Å². The van der Waals surface area contributed by atoms with Crippen molar-refractivity contribution in [3.63, 3.8) is 0 Å². The molecule has 0 aromatic heterocycles. The molecule has 1 N–H and O–H groups in total. The summed E-state index contributed by atoms with van der Waals surface area (Å²) in [4.78, 5) is 0. The molecule has 1 aliphatic carbocycles. The van der Waals surface area contributed by atoms with E-state index in [9.17, 15) is 8.78 Å². The zero-order chi connectivity index (χ0) is 14.0. The number of rotatable bonds is 6. The Hall–Kier alpha value is -1.16. The summed E-state index contributed by atoms with van der Waals surface area (Å²) in [5.41, 5.74) is 1.13. The van der Waals surface area contributed by atoms with E-state index in [1.165, 1.54) is 12.8 Å². The van der Waals surface area contributed by atoms with Crippen LogP contribution < -0.4 is 10.1 Å². The molecule has 2 rings (SSSR count). The molecule has 0 radical (unpaired) electrons. The summed E-state index contributed by atoms with van der Waals surface area (Å²) < 4.78 is 29.3. The fraction of sp³-hybridized carbons (Fsp3) is 0.600. The Balaban J connectivity index is 2.07. The Morgan fingerprint density at radius 2 is 1.84 bits per heavy atom. The molecule has 106 valence electrons. The maximum atomic E-state index is 12.4. The maximum absolute atomic E-state index is 12.4. The highest BCUT2D eigenvalue weighted by atomic mass is 19.3. The molecule has 0 bridgehead atoms. The van der Waals surface area contributed by atoms with Crippen LogP contribution in [0.5, 0.6) is 5.75 Å². The molecule has 1 saturated carbocycles. The molecule has 0 heterocycles. The van der Waals surface area contributed by atoms with E-state index in [0.29, 0.717) is 11.5 Å². The second-order valence-electron chi connectivity index (χ2n) is 5.68. The SMILES string of the molecule is CC(NC(C)C1(C)CC1)c1ccccc1OC(F)F. The largest absolute Gasteiger partial charge is 0.434 e. The quantitative estimate of drug-likeness (QED) is 0.838. The van der Waals surface area contributed by atoms with Gasteiger partial charge >= 0.3 is 6.61 Å². The van der Waals surface area contributed by atoms with Crippen LogP contribution >= 0.6 is 0 Å². The lowest BCUT2D eigenvalue weighted by molar-refractivity contribution is -0.0507. The average molecular weight is 269 g/mol. The summed E-state index contributed by atoms with van der Waals surface area (Å²) in [6.07, 6.45) is 2.45. The van der Waals surface area contributed by atoms with Crippen LogP contribution in [0.15, 0.2) is 24.3 Å². The molecule has 2 nitrogen and oxygen atoms in total. The number of halogens is 2. The molecule has 0 amide bonds. The van der Waals surface area contributed by atoms with Crippen LogP contribution in [-0.4, -0.2) is 12.7 Å². The van der Waals surface area contributed by atoms with Crippen LogP contribution in [0, 0.1) is 5.41 Å². The van der Waals surface area contributed by atoms with Crippen LogP contribution in [0.3, 0.4) is 0 Å². The van der Waals surface area contributed by atoms with E-state index in [2.05, 4.69) is 23.9 Å². The van der Waals surface area contributed by atoms with E-state index >= 15 is 0 Å². The summed E-state index contributed by atoms with van der Waals surface area (Å²) >= 11 is 0. The Kier molecular flexibility index (Phi) is 4.09. The predicted octanol–water partition coefficient (Wildman–Crippen LogP) is 4.13. The molecule has 4 heteroatoms. The standard InChI is InChI=1S/C15H21F2NO/c1-10(18-11(2)15(3)8-9-15)12-6-4-5-7-13(12)19-14(16)17/h4-7,10-11,14,18H,8-9H2,1-3H3. The van der Waals surface area contributed by atoms with E-state index in [1.807, 2.05) is 19.1 Å². The number of hydrogen-bond donors (Lipinski definition) is 1. The summed E-state index contributed by atoms with van der Waals surface area (Å²) in [5.74, 6) is 0.255. The molecular weight excluding hydrogens is 248 g/mol. The molecule has 1 aromatic rings. The fourth-order valence-corrected chi connectivity index (χ4v) is 2.34. The predicted molar refractivity (Wildman–Crippen MR) is 71.4 cm³/mol. The minimum absolute atomic E-state index is 0.0117. The molecule has 1 aromatic carbocycles. The molecular formula is C15H21F2NO. The molecule has 0 saturated heterocycles. The first-order chi connectivity index (χ1) is 8.92. The molecule has 0 spiro atoms. The number of ether oxygens (including phenoxy) is 1. The normalized spacial score (nSPS) is 20.1. The van der Waals surface area contributed by atoms with Gasteiger partial charge in [0.15, 0.2) is 0 Å².